The zero-order chi connectivity index (χ0) is 28.8. The highest BCUT2D eigenvalue weighted by Crippen LogP contribution is 2.40. The molecule has 1 aromatic heterocycles. The van der Waals surface area contributed by atoms with Crippen molar-refractivity contribution in [2.45, 2.75) is 30.5 Å². The maximum atomic E-state index is 13.3. The third-order valence-electron chi connectivity index (χ3n) is 6.44. The average Bonchev–Trinajstić information content (AvgIpc) is 3.40. The summed E-state index contributed by atoms with van der Waals surface area (Å²) in [7, 11) is 1.58. The average molecular weight is 589 g/mol. The van der Waals surface area contributed by atoms with Crippen molar-refractivity contribution in [2.75, 3.05) is 19.0 Å². The first-order valence-electron chi connectivity index (χ1n) is 12.9. The zero-order valence-electron chi connectivity index (χ0n) is 22.7. The number of thioether (sulfide) groups is 1. The van der Waals surface area contributed by atoms with Gasteiger partial charge in [-0.2, -0.15) is 4.98 Å². The SMILES string of the molecule is C=CCOC(=O)C1=C(C)Nc2nc(SCc3ccccc3Cl)nn2C1c1ccc(OCc2ccccc2)c(OC)c1. The number of carbonyl (C=O) groups is 1. The molecule has 0 radical (unpaired) electrons. The van der Waals surface area contributed by atoms with Crippen LogP contribution >= 0.6 is 23.4 Å². The Morgan fingerprint density at radius 2 is 1.90 bits per heavy atom. The van der Waals surface area contributed by atoms with Crippen molar-refractivity contribution in [3.8, 4) is 11.5 Å². The van der Waals surface area contributed by atoms with Gasteiger partial charge in [0.15, 0.2) is 11.5 Å². The van der Waals surface area contributed by atoms with Crippen LogP contribution in [0.4, 0.5) is 5.95 Å². The van der Waals surface area contributed by atoms with Gasteiger partial charge in [-0.3, -0.25) is 0 Å². The highest BCUT2D eigenvalue weighted by Gasteiger charge is 2.35. The molecule has 8 nitrogen and oxygen atoms in total. The molecule has 1 aliphatic heterocycles. The number of allylic oxidation sites excluding steroid dienone is 1. The summed E-state index contributed by atoms with van der Waals surface area (Å²) in [6.45, 7) is 5.95. The summed E-state index contributed by atoms with van der Waals surface area (Å²) >= 11 is 7.81. The maximum absolute atomic E-state index is 13.3. The van der Waals surface area contributed by atoms with E-state index in [1.807, 2.05) is 79.7 Å². The number of ether oxygens (including phenoxy) is 3. The molecule has 1 atom stereocenters. The van der Waals surface area contributed by atoms with Gasteiger partial charge in [-0.1, -0.05) is 90.6 Å². The molecule has 4 aromatic rings. The summed E-state index contributed by atoms with van der Waals surface area (Å²) < 4.78 is 18.9. The molecule has 0 saturated carbocycles. The minimum Gasteiger partial charge on any atom is -0.493 e. The number of halogens is 1. The monoisotopic (exact) mass is 588 g/mol. The fraction of sp³-hybridized carbons (Fsp3) is 0.194. The highest BCUT2D eigenvalue weighted by molar-refractivity contribution is 7.98. The number of carbonyl (C=O) groups excluding carboxylic acids is 1. The van der Waals surface area contributed by atoms with E-state index in [1.165, 1.54) is 17.8 Å². The van der Waals surface area contributed by atoms with Gasteiger partial charge in [0.1, 0.15) is 19.3 Å². The summed E-state index contributed by atoms with van der Waals surface area (Å²) in [5, 5.41) is 9.23. The van der Waals surface area contributed by atoms with Gasteiger partial charge in [-0.05, 0) is 41.8 Å². The van der Waals surface area contributed by atoms with Crippen LogP contribution in [-0.2, 0) is 21.9 Å². The lowest BCUT2D eigenvalue weighted by atomic mass is 9.95. The number of rotatable bonds is 11. The normalized spacial score (nSPS) is 14.2. The van der Waals surface area contributed by atoms with Crippen molar-refractivity contribution >= 4 is 35.3 Å². The number of aromatic nitrogens is 3. The molecule has 10 heteroatoms. The van der Waals surface area contributed by atoms with E-state index >= 15 is 0 Å². The molecule has 210 valence electrons. The summed E-state index contributed by atoms with van der Waals surface area (Å²) in [4.78, 5) is 18.0. The van der Waals surface area contributed by atoms with Gasteiger partial charge in [-0.15, -0.1) is 5.10 Å². The van der Waals surface area contributed by atoms with Crippen LogP contribution in [0, 0.1) is 0 Å². The maximum Gasteiger partial charge on any atom is 0.338 e. The number of hydrogen-bond acceptors (Lipinski definition) is 8. The molecule has 0 saturated heterocycles. The molecule has 0 bridgehead atoms. The third kappa shape index (κ3) is 6.42. The van der Waals surface area contributed by atoms with Gasteiger partial charge in [0.2, 0.25) is 11.1 Å². The molecular formula is C31H29ClN4O4S. The Labute approximate surface area is 248 Å². The molecule has 2 heterocycles. The molecule has 0 spiro atoms. The van der Waals surface area contributed by atoms with Crippen LogP contribution in [0.25, 0.3) is 0 Å². The van der Waals surface area contributed by atoms with Crippen molar-refractivity contribution in [2.24, 2.45) is 0 Å². The number of hydrogen-bond donors (Lipinski definition) is 1. The first kappa shape index (κ1) is 28.3. The summed E-state index contributed by atoms with van der Waals surface area (Å²) in [5.74, 6) is 1.74. The number of nitrogens with one attached hydrogen (secondary N) is 1. The Morgan fingerprint density at radius 1 is 1.12 bits per heavy atom. The topological polar surface area (TPSA) is 87.5 Å². The van der Waals surface area contributed by atoms with Crippen LogP contribution in [0.1, 0.15) is 29.7 Å². The molecule has 0 aliphatic carbocycles. The molecule has 41 heavy (non-hydrogen) atoms. The number of benzene rings is 3. The van der Waals surface area contributed by atoms with Gasteiger partial charge in [0.05, 0.1) is 12.7 Å². The Balaban J connectivity index is 1.48. The standard InChI is InChI=1S/C31H29ClN4O4S/c1-4-16-39-29(37)27-20(2)33-30-34-31(41-19-23-12-8-9-13-24(23)32)35-36(30)28(27)22-14-15-25(26(17-22)38-3)40-18-21-10-6-5-7-11-21/h4-15,17,28H,1,16,18-19H2,2-3H3,(H,33,34,35). The molecule has 1 aliphatic rings. The van der Waals surface area contributed by atoms with Gasteiger partial charge >= 0.3 is 5.97 Å². The van der Waals surface area contributed by atoms with Gasteiger partial charge in [-0.25, -0.2) is 9.48 Å². The predicted octanol–water partition coefficient (Wildman–Crippen LogP) is 6.83. The highest BCUT2D eigenvalue weighted by atomic mass is 35.5. The minimum absolute atomic E-state index is 0.0844. The van der Waals surface area contributed by atoms with Crippen molar-refractivity contribution in [1.82, 2.24) is 14.8 Å². The van der Waals surface area contributed by atoms with Crippen LogP contribution in [0.2, 0.25) is 5.02 Å². The Morgan fingerprint density at radius 3 is 2.66 bits per heavy atom. The lowest BCUT2D eigenvalue weighted by Gasteiger charge is -2.28. The van der Waals surface area contributed by atoms with Gasteiger partial charge < -0.3 is 19.5 Å². The van der Waals surface area contributed by atoms with E-state index in [0.29, 0.717) is 51.3 Å². The van der Waals surface area contributed by atoms with Crippen LogP contribution in [0.5, 0.6) is 11.5 Å². The molecular weight excluding hydrogens is 560 g/mol. The zero-order valence-corrected chi connectivity index (χ0v) is 24.2. The smallest absolute Gasteiger partial charge is 0.338 e. The summed E-state index contributed by atoms with van der Waals surface area (Å²) in [5.41, 5.74) is 3.81. The largest absolute Gasteiger partial charge is 0.493 e. The van der Waals surface area contributed by atoms with Crippen molar-refractivity contribution in [1.29, 1.82) is 0 Å². The van der Waals surface area contributed by atoms with E-state index < -0.39 is 12.0 Å². The van der Waals surface area contributed by atoms with E-state index in [-0.39, 0.29) is 6.61 Å². The second-order valence-corrected chi connectivity index (χ2v) is 10.5. The van der Waals surface area contributed by atoms with Crippen molar-refractivity contribution in [3.05, 3.63) is 118 Å². The number of anilines is 1. The fourth-order valence-electron chi connectivity index (χ4n) is 4.44. The van der Waals surface area contributed by atoms with E-state index in [0.717, 1.165) is 16.7 Å². The van der Waals surface area contributed by atoms with E-state index in [1.54, 1.807) is 11.8 Å². The number of nitrogens with zero attached hydrogens (tertiary/aromatic N) is 3. The second kappa shape index (κ2) is 13.0. The molecule has 5 rings (SSSR count). The Kier molecular flexibility index (Phi) is 8.96. The van der Waals surface area contributed by atoms with Crippen molar-refractivity contribution < 1.29 is 19.0 Å². The van der Waals surface area contributed by atoms with Crippen LogP contribution in [0.15, 0.2) is 102 Å². The van der Waals surface area contributed by atoms with Crippen molar-refractivity contribution in [3.63, 3.8) is 0 Å². The molecule has 3 aromatic carbocycles. The van der Waals surface area contributed by atoms with E-state index in [4.69, 9.17) is 35.9 Å². The van der Waals surface area contributed by atoms with E-state index in [2.05, 4.69) is 11.9 Å². The second-order valence-electron chi connectivity index (χ2n) is 9.18. The number of esters is 1. The van der Waals surface area contributed by atoms with E-state index in [9.17, 15) is 4.79 Å². The summed E-state index contributed by atoms with van der Waals surface area (Å²) in [6, 6.07) is 22.5. The van der Waals surface area contributed by atoms with Crippen LogP contribution in [0.3, 0.4) is 0 Å². The lowest BCUT2D eigenvalue weighted by molar-refractivity contribution is -0.138. The first-order valence-corrected chi connectivity index (χ1v) is 14.3. The quantitative estimate of drug-likeness (QED) is 0.116. The Bertz CT molecular complexity index is 1590. The fourth-order valence-corrected chi connectivity index (χ4v) is 5.56. The molecule has 0 fully saturated rings. The molecule has 1 N–H and O–H groups in total. The number of methoxy groups -OCH3 is 1. The summed E-state index contributed by atoms with van der Waals surface area (Å²) in [6.07, 6.45) is 1.53. The lowest BCUT2D eigenvalue weighted by Crippen LogP contribution is -2.29. The number of fused-ring (bicyclic) bond motifs is 1. The predicted molar refractivity (Wildman–Crippen MR) is 160 cm³/mol. The first-order chi connectivity index (χ1) is 20.0. The molecule has 0 amide bonds. The van der Waals surface area contributed by atoms with Gasteiger partial charge in [0.25, 0.3) is 0 Å². The third-order valence-corrected chi connectivity index (χ3v) is 7.70. The van der Waals surface area contributed by atoms with Crippen LogP contribution < -0.4 is 14.8 Å². The Hall–Kier alpha value is -4.21. The van der Waals surface area contributed by atoms with Gasteiger partial charge in [0, 0.05) is 16.5 Å². The molecule has 1 unspecified atom stereocenters. The van der Waals surface area contributed by atoms with Crippen LogP contribution in [-0.4, -0.2) is 34.5 Å². The minimum atomic E-state index is -0.622.